The van der Waals surface area contributed by atoms with E-state index in [9.17, 15) is 5.11 Å². The van der Waals surface area contributed by atoms with E-state index in [1.54, 1.807) is 6.07 Å². The fourth-order valence-corrected chi connectivity index (χ4v) is 2.15. The van der Waals surface area contributed by atoms with Crippen LogP contribution >= 0.6 is 11.6 Å². The summed E-state index contributed by atoms with van der Waals surface area (Å²) in [6.45, 7) is 2.74. The maximum atomic E-state index is 9.77. The predicted octanol–water partition coefficient (Wildman–Crippen LogP) is 2.79. The van der Waals surface area contributed by atoms with Crippen molar-refractivity contribution >= 4 is 22.5 Å². The van der Waals surface area contributed by atoms with Crippen LogP contribution in [0.4, 0.5) is 0 Å². The maximum Gasteiger partial charge on any atom is 0.195 e. The fourth-order valence-electron chi connectivity index (χ4n) is 1.98. The van der Waals surface area contributed by atoms with Crippen LogP contribution in [0.25, 0.3) is 10.9 Å². The topological polar surface area (TPSA) is 54.6 Å². The van der Waals surface area contributed by atoms with Gasteiger partial charge in [-0.05, 0) is 13.0 Å². The highest BCUT2D eigenvalue weighted by Crippen LogP contribution is 2.34. The molecule has 0 saturated carbocycles. The van der Waals surface area contributed by atoms with E-state index in [-0.39, 0.29) is 11.6 Å². The van der Waals surface area contributed by atoms with Crippen LogP contribution in [0.5, 0.6) is 5.75 Å². The standard InChI is InChI=1S/C12H14ClNO3/c1-2-14-6-5-8-3-4-9(10(15)7-13)12(17-16)11(8)14/h3-6,10,15-16H,2,7H2,1H3. The lowest BCUT2D eigenvalue weighted by Crippen LogP contribution is -2.04. The molecule has 0 fully saturated rings. The fraction of sp³-hybridized carbons (Fsp3) is 0.333. The summed E-state index contributed by atoms with van der Waals surface area (Å²) in [6.07, 6.45) is 1.05. The molecule has 1 aromatic carbocycles. The highest BCUT2D eigenvalue weighted by atomic mass is 35.5. The summed E-state index contributed by atoms with van der Waals surface area (Å²) in [7, 11) is 0. The van der Waals surface area contributed by atoms with Crippen LogP contribution in [-0.2, 0) is 6.54 Å². The first-order chi connectivity index (χ1) is 8.22. The van der Waals surface area contributed by atoms with Gasteiger partial charge in [0, 0.05) is 23.7 Å². The van der Waals surface area contributed by atoms with Crippen molar-refractivity contribution < 1.29 is 15.3 Å². The van der Waals surface area contributed by atoms with E-state index >= 15 is 0 Å². The lowest BCUT2D eigenvalue weighted by molar-refractivity contribution is -0.138. The molecule has 0 aliphatic rings. The molecule has 0 aliphatic heterocycles. The van der Waals surface area contributed by atoms with Crippen molar-refractivity contribution in [3.63, 3.8) is 0 Å². The van der Waals surface area contributed by atoms with E-state index in [0.29, 0.717) is 5.56 Å². The van der Waals surface area contributed by atoms with Crippen molar-refractivity contribution in [2.24, 2.45) is 0 Å². The summed E-state index contributed by atoms with van der Waals surface area (Å²) in [5.74, 6) is 0.317. The van der Waals surface area contributed by atoms with E-state index in [4.69, 9.17) is 16.9 Å². The second kappa shape index (κ2) is 4.96. The van der Waals surface area contributed by atoms with Gasteiger partial charge in [-0.15, -0.1) is 11.6 Å². The SMILES string of the molecule is CCn1ccc2ccc(C(O)CCl)c(OO)c21. The second-order valence-corrected chi connectivity index (χ2v) is 4.09. The van der Waals surface area contributed by atoms with Gasteiger partial charge in [-0.3, -0.25) is 0 Å². The van der Waals surface area contributed by atoms with Crippen molar-refractivity contribution in [3.8, 4) is 5.75 Å². The zero-order valence-corrected chi connectivity index (χ0v) is 10.2. The van der Waals surface area contributed by atoms with Crippen molar-refractivity contribution in [1.82, 2.24) is 4.57 Å². The molecular weight excluding hydrogens is 242 g/mol. The second-order valence-electron chi connectivity index (χ2n) is 3.78. The number of nitrogens with zero attached hydrogens (tertiary/aromatic N) is 1. The van der Waals surface area contributed by atoms with E-state index in [0.717, 1.165) is 17.4 Å². The highest BCUT2D eigenvalue weighted by Gasteiger charge is 2.18. The number of fused-ring (bicyclic) bond motifs is 1. The number of aliphatic hydroxyl groups is 1. The average Bonchev–Trinajstić information content (AvgIpc) is 2.79. The van der Waals surface area contributed by atoms with Crippen molar-refractivity contribution in [2.45, 2.75) is 19.6 Å². The van der Waals surface area contributed by atoms with Crippen LogP contribution in [0.3, 0.4) is 0 Å². The van der Waals surface area contributed by atoms with Crippen LogP contribution in [0.1, 0.15) is 18.6 Å². The number of halogens is 1. The lowest BCUT2D eigenvalue weighted by atomic mass is 10.1. The van der Waals surface area contributed by atoms with Crippen LogP contribution in [-0.4, -0.2) is 20.8 Å². The molecule has 0 aliphatic carbocycles. The quantitative estimate of drug-likeness (QED) is 0.502. The Morgan fingerprint density at radius 1 is 1.41 bits per heavy atom. The van der Waals surface area contributed by atoms with Gasteiger partial charge < -0.3 is 14.6 Å². The molecule has 17 heavy (non-hydrogen) atoms. The summed E-state index contributed by atoms with van der Waals surface area (Å²) in [5.41, 5.74) is 1.25. The number of aryl methyl sites for hydroxylation is 1. The minimum atomic E-state index is -0.858. The van der Waals surface area contributed by atoms with Crippen molar-refractivity contribution in [2.75, 3.05) is 5.88 Å². The number of benzene rings is 1. The van der Waals surface area contributed by atoms with Gasteiger partial charge in [0.15, 0.2) is 5.75 Å². The monoisotopic (exact) mass is 255 g/mol. The molecule has 0 spiro atoms. The zero-order chi connectivity index (χ0) is 12.4. The normalized spacial score (nSPS) is 12.9. The summed E-state index contributed by atoms with van der Waals surface area (Å²) in [5, 5.41) is 19.7. The third kappa shape index (κ3) is 1.99. The number of alkyl halides is 1. The van der Waals surface area contributed by atoms with Crippen molar-refractivity contribution in [3.05, 3.63) is 30.0 Å². The van der Waals surface area contributed by atoms with E-state index in [1.807, 2.05) is 29.8 Å². The number of hydrogen-bond donors (Lipinski definition) is 2. The highest BCUT2D eigenvalue weighted by molar-refractivity contribution is 6.18. The number of aromatic nitrogens is 1. The Morgan fingerprint density at radius 2 is 2.18 bits per heavy atom. The Labute approximate surface area is 104 Å². The molecule has 0 saturated heterocycles. The first-order valence-corrected chi connectivity index (χ1v) is 5.93. The zero-order valence-electron chi connectivity index (χ0n) is 9.43. The average molecular weight is 256 g/mol. The first-order valence-electron chi connectivity index (χ1n) is 5.40. The third-order valence-corrected chi connectivity index (χ3v) is 3.14. The number of rotatable bonds is 4. The molecule has 2 N–H and O–H groups in total. The third-order valence-electron chi connectivity index (χ3n) is 2.85. The Hall–Kier alpha value is -1.23. The van der Waals surface area contributed by atoms with E-state index in [1.165, 1.54) is 0 Å². The molecule has 2 aromatic rings. The van der Waals surface area contributed by atoms with Crippen LogP contribution in [0.2, 0.25) is 0 Å². The minimum absolute atomic E-state index is 0.0503. The molecule has 1 atom stereocenters. The summed E-state index contributed by atoms with van der Waals surface area (Å²) >= 11 is 5.62. The molecule has 1 aromatic heterocycles. The predicted molar refractivity (Wildman–Crippen MR) is 66.5 cm³/mol. The molecule has 0 bridgehead atoms. The molecule has 0 amide bonds. The van der Waals surface area contributed by atoms with Gasteiger partial charge in [0.05, 0.1) is 17.5 Å². The summed E-state index contributed by atoms with van der Waals surface area (Å²) < 4.78 is 1.94. The van der Waals surface area contributed by atoms with Gasteiger partial charge in [-0.1, -0.05) is 12.1 Å². The summed E-state index contributed by atoms with van der Waals surface area (Å²) in [6, 6.07) is 5.51. The van der Waals surface area contributed by atoms with Gasteiger partial charge in [-0.2, -0.15) is 0 Å². The molecule has 0 radical (unpaired) electrons. The molecular formula is C12H14ClNO3. The Morgan fingerprint density at radius 3 is 2.76 bits per heavy atom. The molecule has 1 heterocycles. The molecule has 5 heteroatoms. The van der Waals surface area contributed by atoms with E-state index in [2.05, 4.69) is 4.89 Å². The first kappa shape index (κ1) is 12.2. The van der Waals surface area contributed by atoms with Crippen LogP contribution < -0.4 is 4.89 Å². The molecule has 4 nitrogen and oxygen atoms in total. The molecule has 1 unspecified atom stereocenters. The van der Waals surface area contributed by atoms with E-state index < -0.39 is 6.10 Å². The van der Waals surface area contributed by atoms with Crippen molar-refractivity contribution in [1.29, 1.82) is 0 Å². The Balaban J connectivity index is 2.70. The molecule has 92 valence electrons. The largest absolute Gasteiger partial charge is 0.387 e. The lowest BCUT2D eigenvalue weighted by Gasteiger charge is -2.13. The van der Waals surface area contributed by atoms with Gasteiger partial charge >= 0.3 is 0 Å². The number of aliphatic hydroxyl groups excluding tert-OH is 1. The number of hydrogen-bond acceptors (Lipinski definition) is 3. The van der Waals surface area contributed by atoms with Gasteiger partial charge in [0.1, 0.15) is 0 Å². The maximum absolute atomic E-state index is 9.77. The Kier molecular flexibility index (Phi) is 3.57. The smallest absolute Gasteiger partial charge is 0.195 e. The van der Waals surface area contributed by atoms with Crippen LogP contribution in [0, 0.1) is 0 Å². The minimum Gasteiger partial charge on any atom is -0.387 e. The summed E-state index contributed by atoms with van der Waals surface area (Å²) in [4.78, 5) is 4.44. The van der Waals surface area contributed by atoms with Crippen LogP contribution in [0.15, 0.2) is 24.4 Å². The van der Waals surface area contributed by atoms with Gasteiger partial charge in [0.2, 0.25) is 0 Å². The molecule has 2 rings (SSSR count). The van der Waals surface area contributed by atoms with Gasteiger partial charge in [0.25, 0.3) is 0 Å². The Bertz CT molecular complexity index is 524. The van der Waals surface area contributed by atoms with Gasteiger partial charge in [-0.25, -0.2) is 5.26 Å².